The van der Waals surface area contributed by atoms with Gasteiger partial charge in [-0.2, -0.15) is 13.2 Å². The van der Waals surface area contributed by atoms with Gasteiger partial charge in [-0.3, -0.25) is 9.20 Å². The normalized spacial score (nSPS) is 13.0. The molecule has 0 saturated carbocycles. The highest BCUT2D eigenvalue weighted by molar-refractivity contribution is 8.00. The van der Waals surface area contributed by atoms with E-state index in [1.54, 1.807) is 0 Å². The number of benzene rings is 1. The summed E-state index contributed by atoms with van der Waals surface area (Å²) in [4.78, 5) is 12.3. The van der Waals surface area contributed by atoms with E-state index in [9.17, 15) is 22.4 Å². The van der Waals surface area contributed by atoms with Gasteiger partial charge in [0.1, 0.15) is 5.82 Å². The summed E-state index contributed by atoms with van der Waals surface area (Å²) in [5, 5.41) is 9.21. The lowest BCUT2D eigenvalue weighted by Crippen LogP contribution is -2.22. The summed E-state index contributed by atoms with van der Waals surface area (Å²) in [6.07, 6.45) is -3.77. The van der Waals surface area contributed by atoms with Crippen molar-refractivity contribution in [3.05, 3.63) is 52.9 Å². The average Bonchev–Trinajstić information content (AvgIpc) is 2.97. The fraction of sp³-hybridized carbons (Fsp3) is 0.188. The van der Waals surface area contributed by atoms with Crippen molar-refractivity contribution < 1.29 is 22.4 Å². The Bertz CT molecular complexity index is 1010. The minimum atomic E-state index is -4.59. The zero-order chi connectivity index (χ0) is 19.8. The molecule has 2 heterocycles. The Balaban J connectivity index is 1.83. The molecule has 0 radical (unpaired) electrons. The van der Waals surface area contributed by atoms with E-state index in [0.29, 0.717) is 0 Å². The molecule has 0 saturated heterocycles. The van der Waals surface area contributed by atoms with Crippen LogP contribution in [0.5, 0.6) is 0 Å². The Morgan fingerprint density at radius 1 is 1.30 bits per heavy atom. The predicted octanol–water partition coefficient (Wildman–Crippen LogP) is 4.66. The summed E-state index contributed by atoms with van der Waals surface area (Å²) >= 11 is 6.75. The van der Waals surface area contributed by atoms with Crippen molar-refractivity contribution in [1.82, 2.24) is 14.6 Å². The van der Waals surface area contributed by atoms with Crippen LogP contribution in [0.2, 0.25) is 5.02 Å². The molecule has 0 fully saturated rings. The van der Waals surface area contributed by atoms with Gasteiger partial charge < -0.3 is 5.32 Å². The van der Waals surface area contributed by atoms with Gasteiger partial charge in [0.15, 0.2) is 10.8 Å². The molecule has 1 atom stereocenters. The van der Waals surface area contributed by atoms with Gasteiger partial charge in [-0.1, -0.05) is 29.4 Å². The number of thioether (sulfide) groups is 1. The molecule has 11 heteroatoms. The smallest absolute Gasteiger partial charge is 0.325 e. The van der Waals surface area contributed by atoms with Gasteiger partial charge in [-0.15, -0.1) is 10.2 Å². The van der Waals surface area contributed by atoms with E-state index in [1.165, 1.54) is 25.1 Å². The van der Waals surface area contributed by atoms with Crippen LogP contribution in [0.25, 0.3) is 5.65 Å². The SMILES string of the molecule is CC(Sc1nnc2c(Cl)cc(C(F)(F)F)cn12)C(=O)Nc1cccc(F)c1. The molecule has 0 spiro atoms. The molecule has 0 bridgehead atoms. The first-order chi connectivity index (χ1) is 12.6. The van der Waals surface area contributed by atoms with Crippen LogP contribution in [0, 0.1) is 5.82 Å². The van der Waals surface area contributed by atoms with E-state index in [1.807, 2.05) is 0 Å². The lowest BCUT2D eigenvalue weighted by atomic mass is 10.3. The summed E-state index contributed by atoms with van der Waals surface area (Å²) in [5.41, 5.74) is -0.649. The highest BCUT2D eigenvalue weighted by Gasteiger charge is 2.32. The number of hydrogen-bond donors (Lipinski definition) is 1. The second-order valence-corrected chi connectivity index (χ2v) is 7.23. The first-order valence-electron chi connectivity index (χ1n) is 7.49. The van der Waals surface area contributed by atoms with Crippen LogP contribution in [0.4, 0.5) is 23.2 Å². The molecule has 1 unspecified atom stereocenters. The Morgan fingerprint density at radius 3 is 2.70 bits per heavy atom. The number of anilines is 1. The molecule has 142 valence electrons. The van der Waals surface area contributed by atoms with Crippen molar-refractivity contribution in [2.75, 3.05) is 5.32 Å². The molecule has 1 aromatic carbocycles. The number of pyridine rings is 1. The quantitative estimate of drug-likeness (QED) is 0.494. The third kappa shape index (κ3) is 4.33. The molecule has 0 aliphatic carbocycles. The summed E-state index contributed by atoms with van der Waals surface area (Å²) in [7, 11) is 0. The molecule has 0 aliphatic rings. The van der Waals surface area contributed by atoms with E-state index in [2.05, 4.69) is 15.5 Å². The first-order valence-corrected chi connectivity index (χ1v) is 8.75. The number of amides is 1. The highest BCUT2D eigenvalue weighted by Crippen LogP contribution is 2.34. The van der Waals surface area contributed by atoms with Gasteiger partial charge in [-0.05, 0) is 31.2 Å². The van der Waals surface area contributed by atoms with Crippen molar-refractivity contribution in [2.45, 2.75) is 23.5 Å². The van der Waals surface area contributed by atoms with Crippen molar-refractivity contribution in [2.24, 2.45) is 0 Å². The summed E-state index contributed by atoms with van der Waals surface area (Å²) in [6.45, 7) is 1.54. The topological polar surface area (TPSA) is 59.3 Å². The first kappa shape index (κ1) is 19.4. The van der Waals surface area contributed by atoms with Crippen molar-refractivity contribution in [3.63, 3.8) is 0 Å². The molecule has 3 rings (SSSR count). The van der Waals surface area contributed by atoms with E-state index >= 15 is 0 Å². The third-order valence-electron chi connectivity index (χ3n) is 3.50. The summed E-state index contributed by atoms with van der Waals surface area (Å²) in [6, 6.07) is 6.10. The maximum absolute atomic E-state index is 13.2. The average molecular weight is 419 g/mol. The number of fused-ring (bicyclic) bond motifs is 1. The van der Waals surface area contributed by atoms with Crippen LogP contribution < -0.4 is 5.32 Å². The molecule has 5 nitrogen and oxygen atoms in total. The van der Waals surface area contributed by atoms with E-state index < -0.39 is 28.7 Å². The van der Waals surface area contributed by atoms with E-state index in [0.717, 1.165) is 34.5 Å². The molecule has 27 heavy (non-hydrogen) atoms. The number of carbonyl (C=O) groups is 1. The number of nitrogens with zero attached hydrogens (tertiary/aromatic N) is 3. The Labute approximate surface area is 159 Å². The van der Waals surface area contributed by atoms with Crippen molar-refractivity contribution >= 4 is 40.6 Å². The number of nitrogens with one attached hydrogen (secondary N) is 1. The molecule has 3 aromatic rings. The van der Waals surface area contributed by atoms with Crippen molar-refractivity contribution in [1.29, 1.82) is 0 Å². The van der Waals surface area contributed by atoms with E-state index in [-0.39, 0.29) is 21.5 Å². The number of rotatable bonds is 4. The second kappa shape index (κ2) is 7.35. The standard InChI is InChI=1S/C16H11ClF4N4OS/c1-8(14(26)22-11-4-2-3-10(18)6-11)27-15-24-23-13-12(17)5-9(7-25(13)15)16(19,20)21/h2-8H,1H3,(H,22,26). The fourth-order valence-corrected chi connectivity index (χ4v) is 3.26. The van der Waals surface area contributed by atoms with Gasteiger partial charge >= 0.3 is 6.18 Å². The van der Waals surface area contributed by atoms with Gasteiger partial charge in [0.2, 0.25) is 5.91 Å². The zero-order valence-corrected chi connectivity index (χ0v) is 15.2. The van der Waals surface area contributed by atoms with Crippen LogP contribution in [0.1, 0.15) is 12.5 Å². The predicted molar refractivity (Wildman–Crippen MR) is 93.3 cm³/mol. The molecule has 2 aromatic heterocycles. The highest BCUT2D eigenvalue weighted by atomic mass is 35.5. The molecule has 0 aliphatic heterocycles. The third-order valence-corrected chi connectivity index (χ3v) is 4.83. The Morgan fingerprint density at radius 2 is 2.04 bits per heavy atom. The largest absolute Gasteiger partial charge is 0.417 e. The van der Waals surface area contributed by atoms with Gasteiger partial charge in [0.25, 0.3) is 0 Å². The number of halogens is 5. The van der Waals surface area contributed by atoms with Crippen molar-refractivity contribution in [3.8, 4) is 0 Å². The summed E-state index contributed by atoms with van der Waals surface area (Å²) < 4.78 is 53.2. The zero-order valence-electron chi connectivity index (χ0n) is 13.6. The maximum atomic E-state index is 13.2. The Hall–Kier alpha value is -2.33. The number of aromatic nitrogens is 3. The van der Waals surface area contributed by atoms with E-state index in [4.69, 9.17) is 11.6 Å². The lowest BCUT2D eigenvalue weighted by molar-refractivity contribution is -0.137. The van der Waals surface area contributed by atoms with Crippen LogP contribution in [0.3, 0.4) is 0 Å². The van der Waals surface area contributed by atoms with Gasteiger partial charge in [0, 0.05) is 11.9 Å². The monoisotopic (exact) mass is 418 g/mol. The maximum Gasteiger partial charge on any atom is 0.417 e. The number of carbonyl (C=O) groups excluding carboxylic acids is 1. The Kier molecular flexibility index (Phi) is 5.29. The minimum Gasteiger partial charge on any atom is -0.325 e. The molecular weight excluding hydrogens is 408 g/mol. The van der Waals surface area contributed by atoms with Crippen LogP contribution in [-0.4, -0.2) is 25.8 Å². The fourth-order valence-electron chi connectivity index (χ4n) is 2.19. The molecular formula is C16H11ClF4N4OS. The van der Waals surface area contributed by atoms with Crippen LogP contribution in [0.15, 0.2) is 41.7 Å². The number of alkyl halides is 3. The lowest BCUT2D eigenvalue weighted by Gasteiger charge is -2.12. The summed E-state index contributed by atoms with van der Waals surface area (Å²) in [5.74, 6) is -0.980. The molecule has 1 N–H and O–H groups in total. The van der Waals surface area contributed by atoms with Gasteiger partial charge in [0.05, 0.1) is 15.8 Å². The number of hydrogen-bond acceptors (Lipinski definition) is 4. The van der Waals surface area contributed by atoms with Crippen LogP contribution >= 0.6 is 23.4 Å². The van der Waals surface area contributed by atoms with Crippen LogP contribution in [-0.2, 0) is 11.0 Å². The second-order valence-electron chi connectivity index (χ2n) is 5.51. The molecule has 1 amide bonds. The minimum absolute atomic E-state index is 0.0462. The van der Waals surface area contributed by atoms with Gasteiger partial charge in [-0.25, -0.2) is 4.39 Å².